The van der Waals surface area contributed by atoms with E-state index in [1.165, 1.54) is 11.5 Å². The lowest BCUT2D eigenvalue weighted by atomic mass is 9.85. The van der Waals surface area contributed by atoms with Gasteiger partial charge in [0.25, 0.3) is 5.56 Å². The average molecular weight is 435 g/mol. The van der Waals surface area contributed by atoms with E-state index in [2.05, 4.69) is 46.6 Å². The largest absolute Gasteiger partial charge is 0.382 e. The zero-order valence-electron chi connectivity index (χ0n) is 19.2. The van der Waals surface area contributed by atoms with Gasteiger partial charge in [-0.2, -0.15) is 0 Å². The molecule has 4 N–H and O–H groups in total. The first kappa shape index (κ1) is 23.0. The molecule has 8 heteroatoms. The van der Waals surface area contributed by atoms with Crippen LogP contribution in [0.2, 0.25) is 0 Å². The second-order valence-corrected chi connectivity index (χ2v) is 8.54. The number of benzene rings is 1. The standard InChI is InChI=1S/C24H30N6O2/c1-15-12-27-22(28-14-24(4,5)19-9-7-6-8-10-19)23(32)30(15)20-11-18(13-26-17(3)31)16(2)29-21(20)25/h6-12H,13-14H2,1-5H3,(H2,25,29)(H,26,31)(H,27,28). The topological polar surface area (TPSA) is 115 Å². The van der Waals surface area contributed by atoms with E-state index in [4.69, 9.17) is 5.73 Å². The molecule has 0 spiro atoms. The number of aromatic nitrogens is 3. The molecule has 0 unspecified atom stereocenters. The van der Waals surface area contributed by atoms with E-state index in [0.29, 0.717) is 30.2 Å². The molecule has 0 saturated carbocycles. The monoisotopic (exact) mass is 434 g/mol. The first-order valence-electron chi connectivity index (χ1n) is 10.5. The Morgan fingerprint density at radius 3 is 2.53 bits per heavy atom. The van der Waals surface area contributed by atoms with Crippen LogP contribution in [-0.2, 0) is 16.8 Å². The summed E-state index contributed by atoms with van der Waals surface area (Å²) in [5.74, 6) is 0.330. The number of anilines is 2. The predicted octanol–water partition coefficient (Wildman–Crippen LogP) is 2.85. The van der Waals surface area contributed by atoms with Crippen LogP contribution in [0.5, 0.6) is 0 Å². The number of aryl methyl sites for hydroxylation is 2. The molecule has 2 heterocycles. The SMILES string of the molecule is CC(=O)NCc1cc(-n2c(C)cnc(NCC(C)(C)c3ccccc3)c2=O)c(N)nc1C. The quantitative estimate of drug-likeness (QED) is 0.527. The molecule has 0 aliphatic rings. The van der Waals surface area contributed by atoms with Gasteiger partial charge in [-0.15, -0.1) is 0 Å². The maximum atomic E-state index is 13.3. The highest BCUT2D eigenvalue weighted by atomic mass is 16.1. The van der Waals surface area contributed by atoms with E-state index in [9.17, 15) is 9.59 Å². The van der Waals surface area contributed by atoms with Crippen LogP contribution in [0.3, 0.4) is 0 Å². The zero-order valence-corrected chi connectivity index (χ0v) is 19.2. The number of hydrogen-bond donors (Lipinski definition) is 3. The highest BCUT2D eigenvalue weighted by Gasteiger charge is 2.22. The van der Waals surface area contributed by atoms with Crippen LogP contribution < -0.4 is 21.9 Å². The molecule has 3 rings (SSSR count). The molecule has 1 amide bonds. The summed E-state index contributed by atoms with van der Waals surface area (Å²) in [5.41, 5.74) is 9.41. The third kappa shape index (κ3) is 4.96. The Hall–Kier alpha value is -3.68. The van der Waals surface area contributed by atoms with E-state index >= 15 is 0 Å². The Kier molecular flexibility index (Phi) is 6.62. The highest BCUT2D eigenvalue weighted by molar-refractivity contribution is 5.73. The third-order valence-electron chi connectivity index (χ3n) is 5.49. The third-order valence-corrected chi connectivity index (χ3v) is 5.49. The van der Waals surface area contributed by atoms with E-state index < -0.39 is 0 Å². The van der Waals surface area contributed by atoms with E-state index in [-0.39, 0.29) is 28.5 Å². The van der Waals surface area contributed by atoms with Crippen LogP contribution in [-0.4, -0.2) is 27.0 Å². The van der Waals surface area contributed by atoms with Gasteiger partial charge in [-0.05, 0) is 31.0 Å². The summed E-state index contributed by atoms with van der Waals surface area (Å²) < 4.78 is 1.50. The smallest absolute Gasteiger partial charge is 0.298 e. The number of hydrogen-bond acceptors (Lipinski definition) is 6. The molecule has 0 fully saturated rings. The van der Waals surface area contributed by atoms with Crippen LogP contribution in [0.1, 0.15) is 43.3 Å². The normalized spacial score (nSPS) is 11.3. The average Bonchev–Trinajstić information content (AvgIpc) is 2.74. The molecule has 168 valence electrons. The molecule has 8 nitrogen and oxygen atoms in total. The zero-order chi connectivity index (χ0) is 23.5. The second-order valence-electron chi connectivity index (χ2n) is 8.54. The molecular weight excluding hydrogens is 404 g/mol. The summed E-state index contributed by atoms with van der Waals surface area (Å²) >= 11 is 0. The van der Waals surface area contributed by atoms with Gasteiger partial charge in [0.05, 0.1) is 5.69 Å². The lowest BCUT2D eigenvalue weighted by Crippen LogP contribution is -2.32. The van der Waals surface area contributed by atoms with E-state index in [1.54, 1.807) is 19.2 Å². The van der Waals surface area contributed by atoms with Crippen LogP contribution in [0.4, 0.5) is 11.6 Å². The van der Waals surface area contributed by atoms with Gasteiger partial charge in [0.2, 0.25) is 5.91 Å². The summed E-state index contributed by atoms with van der Waals surface area (Å²) in [6.07, 6.45) is 1.63. The van der Waals surface area contributed by atoms with Crippen molar-refractivity contribution in [3.63, 3.8) is 0 Å². The van der Waals surface area contributed by atoms with Gasteiger partial charge in [-0.1, -0.05) is 44.2 Å². The molecule has 32 heavy (non-hydrogen) atoms. The van der Waals surface area contributed by atoms with Crippen molar-refractivity contribution in [2.45, 2.75) is 46.6 Å². The number of nitrogens with one attached hydrogen (secondary N) is 2. The summed E-state index contributed by atoms with van der Waals surface area (Å²) in [6.45, 7) is 10.1. The maximum Gasteiger partial charge on any atom is 0.298 e. The number of carbonyl (C=O) groups is 1. The first-order chi connectivity index (χ1) is 15.1. The van der Waals surface area contributed by atoms with Gasteiger partial charge in [-0.3, -0.25) is 14.2 Å². The number of rotatable bonds is 7. The van der Waals surface area contributed by atoms with Crippen LogP contribution >= 0.6 is 0 Å². The van der Waals surface area contributed by atoms with Crippen molar-refractivity contribution in [3.8, 4) is 5.69 Å². The van der Waals surface area contributed by atoms with Gasteiger partial charge < -0.3 is 16.4 Å². The van der Waals surface area contributed by atoms with Crippen molar-refractivity contribution >= 4 is 17.5 Å². The van der Waals surface area contributed by atoms with Crippen molar-refractivity contribution < 1.29 is 4.79 Å². The lowest BCUT2D eigenvalue weighted by molar-refractivity contribution is -0.119. The summed E-state index contributed by atoms with van der Waals surface area (Å²) in [7, 11) is 0. The predicted molar refractivity (Wildman–Crippen MR) is 127 cm³/mol. The number of carbonyl (C=O) groups excluding carboxylic acids is 1. The lowest BCUT2D eigenvalue weighted by Gasteiger charge is -2.26. The number of nitrogen functional groups attached to an aromatic ring is 1. The van der Waals surface area contributed by atoms with Gasteiger partial charge in [-0.25, -0.2) is 9.97 Å². The Morgan fingerprint density at radius 2 is 1.88 bits per heavy atom. The minimum Gasteiger partial charge on any atom is -0.382 e. The van der Waals surface area contributed by atoms with Crippen molar-refractivity contribution in [2.24, 2.45) is 0 Å². The van der Waals surface area contributed by atoms with E-state index in [1.807, 2.05) is 25.1 Å². The van der Waals surface area contributed by atoms with E-state index in [0.717, 1.165) is 11.1 Å². The van der Waals surface area contributed by atoms with Gasteiger partial charge in [0, 0.05) is 43.0 Å². The first-order valence-corrected chi connectivity index (χ1v) is 10.5. The minimum absolute atomic E-state index is 0.146. The molecule has 0 saturated heterocycles. The summed E-state index contributed by atoms with van der Waals surface area (Å²) in [6, 6.07) is 11.9. The fourth-order valence-corrected chi connectivity index (χ4v) is 3.48. The second kappa shape index (κ2) is 9.21. The Morgan fingerprint density at radius 1 is 1.19 bits per heavy atom. The molecule has 0 radical (unpaired) electrons. The Bertz CT molecular complexity index is 1190. The molecule has 2 aromatic heterocycles. The maximum absolute atomic E-state index is 13.3. The molecule has 3 aromatic rings. The van der Waals surface area contributed by atoms with Crippen LogP contribution in [0, 0.1) is 13.8 Å². The van der Waals surface area contributed by atoms with Crippen molar-refractivity contribution in [1.82, 2.24) is 19.9 Å². The molecule has 0 aliphatic heterocycles. The number of nitrogens with zero attached hydrogens (tertiary/aromatic N) is 3. The summed E-state index contributed by atoms with van der Waals surface area (Å²) in [4.78, 5) is 33.4. The Balaban J connectivity index is 1.96. The highest BCUT2D eigenvalue weighted by Crippen LogP contribution is 2.23. The molecule has 0 bridgehead atoms. The van der Waals surface area contributed by atoms with Gasteiger partial charge in [0.1, 0.15) is 5.82 Å². The van der Waals surface area contributed by atoms with Crippen molar-refractivity contribution in [2.75, 3.05) is 17.6 Å². The molecule has 1 aromatic carbocycles. The fraction of sp³-hybridized carbons (Fsp3) is 0.333. The van der Waals surface area contributed by atoms with Crippen molar-refractivity contribution in [1.29, 1.82) is 0 Å². The van der Waals surface area contributed by atoms with Crippen molar-refractivity contribution in [3.05, 3.63) is 75.5 Å². The molecular formula is C24H30N6O2. The van der Waals surface area contributed by atoms with Crippen LogP contribution in [0.25, 0.3) is 5.69 Å². The minimum atomic E-state index is -0.309. The van der Waals surface area contributed by atoms with Gasteiger partial charge >= 0.3 is 0 Å². The van der Waals surface area contributed by atoms with Gasteiger partial charge in [0.15, 0.2) is 5.82 Å². The number of amides is 1. The molecule has 0 aliphatic carbocycles. The fourth-order valence-electron chi connectivity index (χ4n) is 3.48. The summed E-state index contributed by atoms with van der Waals surface area (Å²) in [5, 5.41) is 5.97. The Labute approximate surface area is 187 Å². The number of nitrogens with two attached hydrogens (primary N) is 1. The number of pyridine rings is 1. The van der Waals surface area contributed by atoms with Crippen LogP contribution in [0.15, 0.2) is 47.4 Å². The molecule has 0 atom stereocenters.